The number of halogens is 2. The molecule has 21 heavy (non-hydrogen) atoms. The monoisotopic (exact) mass is 346 g/mol. The second-order valence-corrected chi connectivity index (χ2v) is 6.66. The van der Waals surface area contributed by atoms with Gasteiger partial charge >= 0.3 is 0 Å². The predicted octanol–water partition coefficient (Wildman–Crippen LogP) is 3.39. The van der Waals surface area contributed by atoms with E-state index in [0.717, 1.165) is 0 Å². The molecule has 0 radical (unpaired) electrons. The summed E-state index contributed by atoms with van der Waals surface area (Å²) in [6, 6.07) is 8.66. The molecule has 0 aromatic heterocycles. The van der Waals surface area contributed by atoms with Gasteiger partial charge in [-0.2, -0.15) is 0 Å². The molecule has 0 bridgehead atoms. The summed E-state index contributed by atoms with van der Waals surface area (Å²) in [5, 5.41) is 0.607. The number of rotatable bonds is 4. The van der Waals surface area contributed by atoms with E-state index >= 15 is 0 Å². The van der Waals surface area contributed by atoms with Crippen molar-refractivity contribution in [1.29, 1.82) is 0 Å². The van der Waals surface area contributed by atoms with Gasteiger partial charge in [-0.25, -0.2) is 8.42 Å². The first-order valence-corrected chi connectivity index (χ1v) is 7.99. The van der Waals surface area contributed by atoms with Gasteiger partial charge < -0.3 is 10.5 Å². The maximum atomic E-state index is 12.3. The molecule has 0 atom stereocenters. The Morgan fingerprint density at radius 1 is 1.14 bits per heavy atom. The lowest BCUT2D eigenvalue weighted by Crippen LogP contribution is -2.13. The van der Waals surface area contributed by atoms with Crippen LogP contribution in [-0.2, 0) is 10.0 Å². The average Bonchev–Trinajstić information content (AvgIpc) is 2.42. The van der Waals surface area contributed by atoms with Crippen LogP contribution in [0.5, 0.6) is 5.75 Å². The highest BCUT2D eigenvalue weighted by Gasteiger charge is 2.17. The fourth-order valence-electron chi connectivity index (χ4n) is 1.66. The Labute approximate surface area is 132 Å². The molecule has 8 heteroatoms. The summed E-state index contributed by atoms with van der Waals surface area (Å²) < 4.78 is 32.0. The van der Waals surface area contributed by atoms with Gasteiger partial charge in [0.1, 0.15) is 5.75 Å². The van der Waals surface area contributed by atoms with Crippen molar-refractivity contribution < 1.29 is 13.2 Å². The van der Waals surface area contributed by atoms with Gasteiger partial charge in [0.05, 0.1) is 28.4 Å². The van der Waals surface area contributed by atoms with Gasteiger partial charge in [-0.05, 0) is 36.4 Å². The van der Waals surface area contributed by atoms with Crippen LogP contribution in [0.15, 0.2) is 41.3 Å². The number of nitrogens with two attached hydrogens (primary N) is 1. The molecule has 0 saturated heterocycles. The fraction of sp³-hybridized carbons (Fsp3) is 0.0769. The molecule has 0 amide bonds. The zero-order valence-electron chi connectivity index (χ0n) is 10.9. The third-order valence-electron chi connectivity index (χ3n) is 2.68. The van der Waals surface area contributed by atoms with E-state index in [1.165, 1.54) is 37.4 Å². The molecule has 0 spiro atoms. The maximum absolute atomic E-state index is 12.3. The first kappa shape index (κ1) is 15.8. The molecule has 0 aliphatic rings. The molecule has 0 heterocycles. The van der Waals surface area contributed by atoms with Crippen LogP contribution in [-0.4, -0.2) is 15.5 Å². The van der Waals surface area contributed by atoms with Gasteiger partial charge in [0.2, 0.25) is 0 Å². The van der Waals surface area contributed by atoms with Crippen LogP contribution in [0.1, 0.15) is 0 Å². The second-order valence-electron chi connectivity index (χ2n) is 4.13. The van der Waals surface area contributed by atoms with E-state index in [9.17, 15) is 8.42 Å². The molecule has 0 unspecified atom stereocenters. The maximum Gasteiger partial charge on any atom is 0.262 e. The van der Waals surface area contributed by atoms with Crippen LogP contribution in [0.4, 0.5) is 11.4 Å². The highest BCUT2D eigenvalue weighted by Crippen LogP contribution is 2.29. The Morgan fingerprint density at radius 2 is 1.86 bits per heavy atom. The summed E-state index contributed by atoms with van der Waals surface area (Å²) in [6.45, 7) is 0. The minimum absolute atomic E-state index is 0.00292. The Kier molecular flexibility index (Phi) is 4.51. The Hall–Kier alpha value is -1.63. The van der Waals surface area contributed by atoms with Crippen LogP contribution in [0.2, 0.25) is 10.0 Å². The van der Waals surface area contributed by atoms with Gasteiger partial charge in [-0.1, -0.05) is 23.2 Å². The number of methoxy groups -OCH3 is 1. The second kappa shape index (κ2) is 6.01. The molecule has 2 rings (SSSR count). The number of hydrogen-bond donors (Lipinski definition) is 2. The lowest BCUT2D eigenvalue weighted by molar-refractivity contribution is 0.416. The van der Waals surface area contributed by atoms with E-state index in [0.29, 0.717) is 10.8 Å². The molecule has 0 fully saturated rings. The first-order chi connectivity index (χ1) is 9.83. The summed E-state index contributed by atoms with van der Waals surface area (Å²) in [4.78, 5) is -0.00292. The molecule has 0 aliphatic heterocycles. The van der Waals surface area contributed by atoms with Gasteiger partial charge in [-0.15, -0.1) is 0 Å². The molecule has 0 saturated carbocycles. The normalized spacial score (nSPS) is 11.2. The van der Waals surface area contributed by atoms with Gasteiger partial charge in [0.15, 0.2) is 0 Å². The molecular weight excluding hydrogens is 335 g/mol. The van der Waals surface area contributed by atoms with Crippen LogP contribution >= 0.6 is 23.2 Å². The number of hydrogen-bond acceptors (Lipinski definition) is 4. The van der Waals surface area contributed by atoms with Crippen LogP contribution in [0.25, 0.3) is 0 Å². The van der Waals surface area contributed by atoms with Crippen LogP contribution in [0, 0.1) is 0 Å². The minimum Gasteiger partial charge on any atom is -0.495 e. The lowest BCUT2D eigenvalue weighted by atomic mass is 10.3. The van der Waals surface area contributed by atoms with Crippen molar-refractivity contribution >= 4 is 44.6 Å². The number of benzene rings is 2. The average molecular weight is 347 g/mol. The lowest BCUT2D eigenvalue weighted by Gasteiger charge is -2.11. The Bertz CT molecular complexity index is 779. The van der Waals surface area contributed by atoms with Gasteiger partial charge in [0.25, 0.3) is 10.0 Å². The van der Waals surface area contributed by atoms with Crippen LogP contribution in [0.3, 0.4) is 0 Å². The zero-order valence-corrected chi connectivity index (χ0v) is 13.3. The van der Waals surface area contributed by atoms with E-state index in [4.69, 9.17) is 33.7 Å². The van der Waals surface area contributed by atoms with Gasteiger partial charge in [0, 0.05) is 5.02 Å². The SMILES string of the molecule is COc1ccc(S(=O)(=O)Nc2cc(Cl)ccc2Cl)cc1N. The smallest absolute Gasteiger partial charge is 0.262 e. The summed E-state index contributed by atoms with van der Waals surface area (Å²) in [5.74, 6) is 0.398. The Balaban J connectivity index is 2.38. The number of sulfonamides is 1. The van der Waals surface area contributed by atoms with Crippen molar-refractivity contribution in [3.8, 4) is 5.75 Å². The van der Waals surface area contributed by atoms with E-state index in [1.807, 2.05) is 0 Å². The molecule has 5 nitrogen and oxygen atoms in total. The summed E-state index contributed by atoms with van der Waals surface area (Å²) in [5.41, 5.74) is 6.12. The van der Waals surface area contributed by atoms with E-state index < -0.39 is 10.0 Å². The van der Waals surface area contributed by atoms with Crippen molar-refractivity contribution in [1.82, 2.24) is 0 Å². The number of nitrogen functional groups attached to an aromatic ring is 1. The van der Waals surface area contributed by atoms with E-state index in [-0.39, 0.29) is 21.3 Å². The quantitative estimate of drug-likeness (QED) is 0.831. The number of anilines is 2. The number of ether oxygens (including phenoxy) is 1. The standard InChI is InChI=1S/C13H12Cl2N2O3S/c1-20-13-5-3-9(7-11(13)16)21(18,19)17-12-6-8(14)2-4-10(12)15/h2-7,17H,16H2,1H3. The minimum atomic E-state index is -3.83. The van der Waals surface area contributed by atoms with Gasteiger partial charge in [-0.3, -0.25) is 4.72 Å². The largest absolute Gasteiger partial charge is 0.495 e. The molecule has 0 aliphatic carbocycles. The van der Waals surface area contributed by atoms with E-state index in [2.05, 4.69) is 4.72 Å². The fourth-order valence-corrected chi connectivity index (χ4v) is 3.16. The first-order valence-electron chi connectivity index (χ1n) is 5.75. The molecule has 2 aromatic carbocycles. The highest BCUT2D eigenvalue weighted by atomic mass is 35.5. The molecular formula is C13H12Cl2N2O3S. The van der Waals surface area contributed by atoms with Crippen molar-refractivity contribution in [2.45, 2.75) is 4.90 Å². The van der Waals surface area contributed by atoms with Crippen molar-refractivity contribution in [2.24, 2.45) is 0 Å². The predicted molar refractivity (Wildman–Crippen MR) is 84.7 cm³/mol. The van der Waals surface area contributed by atoms with Crippen molar-refractivity contribution in [2.75, 3.05) is 17.6 Å². The number of nitrogens with one attached hydrogen (secondary N) is 1. The summed E-state index contributed by atoms with van der Waals surface area (Å²) in [7, 11) is -2.38. The third kappa shape index (κ3) is 3.53. The summed E-state index contributed by atoms with van der Waals surface area (Å²) in [6.07, 6.45) is 0. The molecule has 2 aromatic rings. The molecule has 112 valence electrons. The third-order valence-corrected chi connectivity index (χ3v) is 4.61. The Morgan fingerprint density at radius 3 is 2.48 bits per heavy atom. The zero-order chi connectivity index (χ0) is 15.6. The van der Waals surface area contributed by atoms with Crippen molar-refractivity contribution in [3.05, 3.63) is 46.4 Å². The summed E-state index contributed by atoms with van der Waals surface area (Å²) >= 11 is 11.8. The van der Waals surface area contributed by atoms with Crippen LogP contribution < -0.4 is 15.2 Å². The highest BCUT2D eigenvalue weighted by molar-refractivity contribution is 7.92. The molecule has 3 N–H and O–H groups in total. The topological polar surface area (TPSA) is 81.4 Å². The van der Waals surface area contributed by atoms with Crippen molar-refractivity contribution in [3.63, 3.8) is 0 Å². The van der Waals surface area contributed by atoms with E-state index in [1.54, 1.807) is 6.07 Å².